The maximum absolute atomic E-state index is 12.4. The van der Waals surface area contributed by atoms with E-state index in [0.717, 1.165) is 36.6 Å². The lowest BCUT2D eigenvalue weighted by Crippen LogP contribution is -2.37. The van der Waals surface area contributed by atoms with Gasteiger partial charge in [0.15, 0.2) is 0 Å². The van der Waals surface area contributed by atoms with Crippen LogP contribution in [0.2, 0.25) is 0 Å². The van der Waals surface area contributed by atoms with Crippen molar-refractivity contribution in [1.82, 2.24) is 9.88 Å². The zero-order chi connectivity index (χ0) is 14.0. The topological polar surface area (TPSA) is 34.0 Å². The van der Waals surface area contributed by atoms with E-state index in [2.05, 4.69) is 30.7 Å². The summed E-state index contributed by atoms with van der Waals surface area (Å²) in [6.45, 7) is 9.44. The second-order valence-electron chi connectivity index (χ2n) is 5.96. The van der Waals surface area contributed by atoms with Gasteiger partial charge in [-0.3, -0.25) is 4.79 Å². The average Bonchev–Trinajstić information content (AvgIpc) is 2.67. The summed E-state index contributed by atoms with van der Waals surface area (Å²) in [4.78, 5) is 12.4. The molecule has 0 spiro atoms. The third kappa shape index (κ3) is 3.02. The molecule has 1 aromatic heterocycles. The molecule has 0 aromatic carbocycles. The molecule has 1 aliphatic rings. The Morgan fingerprint density at radius 3 is 2.47 bits per heavy atom. The van der Waals surface area contributed by atoms with E-state index in [4.69, 9.17) is 0 Å². The molecule has 3 heteroatoms. The number of hydrogen-bond acceptors (Lipinski definition) is 1. The second-order valence-corrected chi connectivity index (χ2v) is 5.96. The Bertz CT molecular complexity index is 454. The molecule has 1 aromatic rings. The van der Waals surface area contributed by atoms with E-state index in [1.54, 1.807) is 0 Å². The number of nitrogens with one attached hydrogen (secondary N) is 1. The SMILES string of the molecule is CCn1c(C)cc(C(=O)NC2CCC(C)CC2)c1C. The Morgan fingerprint density at radius 1 is 1.32 bits per heavy atom. The number of carbonyl (C=O) groups is 1. The van der Waals surface area contributed by atoms with Gasteiger partial charge in [-0.2, -0.15) is 0 Å². The lowest BCUT2D eigenvalue weighted by molar-refractivity contribution is 0.0922. The van der Waals surface area contributed by atoms with E-state index in [1.165, 1.54) is 18.5 Å². The number of amides is 1. The molecule has 1 heterocycles. The highest BCUT2D eigenvalue weighted by Crippen LogP contribution is 2.24. The van der Waals surface area contributed by atoms with Crippen molar-refractivity contribution in [2.45, 2.75) is 66.0 Å². The smallest absolute Gasteiger partial charge is 0.253 e. The number of aromatic nitrogens is 1. The Morgan fingerprint density at radius 2 is 1.95 bits per heavy atom. The van der Waals surface area contributed by atoms with Gasteiger partial charge in [0, 0.05) is 24.0 Å². The summed E-state index contributed by atoms with van der Waals surface area (Å²) in [5.74, 6) is 0.922. The van der Waals surface area contributed by atoms with Gasteiger partial charge in [-0.15, -0.1) is 0 Å². The molecule has 1 saturated carbocycles. The summed E-state index contributed by atoms with van der Waals surface area (Å²) in [5, 5.41) is 3.21. The highest BCUT2D eigenvalue weighted by Gasteiger charge is 2.22. The van der Waals surface area contributed by atoms with Gasteiger partial charge in [0.05, 0.1) is 5.56 Å². The van der Waals surface area contributed by atoms with Crippen LogP contribution in [0.3, 0.4) is 0 Å². The molecule has 0 unspecified atom stereocenters. The van der Waals surface area contributed by atoms with Crippen molar-refractivity contribution < 1.29 is 4.79 Å². The standard InChI is InChI=1S/C16H26N2O/c1-5-18-12(3)10-15(13(18)4)16(19)17-14-8-6-11(2)7-9-14/h10-11,14H,5-9H2,1-4H3,(H,17,19). The van der Waals surface area contributed by atoms with Crippen LogP contribution in [0.15, 0.2) is 6.07 Å². The quantitative estimate of drug-likeness (QED) is 0.889. The first-order valence-corrected chi connectivity index (χ1v) is 7.50. The van der Waals surface area contributed by atoms with Crippen LogP contribution in [0, 0.1) is 19.8 Å². The average molecular weight is 262 g/mol. The third-order valence-corrected chi connectivity index (χ3v) is 4.49. The Labute approximate surface area is 116 Å². The van der Waals surface area contributed by atoms with Gasteiger partial charge in [-0.05, 0) is 58.4 Å². The van der Waals surface area contributed by atoms with Gasteiger partial charge in [-0.25, -0.2) is 0 Å². The van der Waals surface area contributed by atoms with Gasteiger partial charge in [0.1, 0.15) is 0 Å². The molecule has 0 radical (unpaired) electrons. The first-order chi connectivity index (χ1) is 9.02. The molecule has 0 aliphatic heterocycles. The fourth-order valence-corrected chi connectivity index (χ4v) is 3.19. The van der Waals surface area contributed by atoms with Gasteiger partial charge in [-0.1, -0.05) is 6.92 Å². The maximum atomic E-state index is 12.4. The zero-order valence-corrected chi connectivity index (χ0v) is 12.6. The molecule has 1 amide bonds. The van der Waals surface area contributed by atoms with Gasteiger partial charge >= 0.3 is 0 Å². The van der Waals surface area contributed by atoms with E-state index >= 15 is 0 Å². The maximum Gasteiger partial charge on any atom is 0.253 e. The number of rotatable bonds is 3. The largest absolute Gasteiger partial charge is 0.349 e. The minimum absolute atomic E-state index is 0.104. The molecule has 1 fully saturated rings. The highest BCUT2D eigenvalue weighted by molar-refractivity contribution is 5.95. The minimum Gasteiger partial charge on any atom is -0.349 e. The van der Waals surface area contributed by atoms with Crippen LogP contribution in [0.1, 0.15) is 61.3 Å². The highest BCUT2D eigenvalue weighted by atomic mass is 16.1. The van der Waals surface area contributed by atoms with E-state index in [0.29, 0.717) is 6.04 Å². The molecule has 0 bridgehead atoms. The van der Waals surface area contributed by atoms with E-state index in [-0.39, 0.29) is 5.91 Å². The van der Waals surface area contributed by atoms with Crippen LogP contribution in [0.25, 0.3) is 0 Å². The Balaban J connectivity index is 2.04. The van der Waals surface area contributed by atoms with Crippen LogP contribution < -0.4 is 5.32 Å². The zero-order valence-electron chi connectivity index (χ0n) is 12.6. The van der Waals surface area contributed by atoms with Crippen molar-refractivity contribution in [3.8, 4) is 0 Å². The van der Waals surface area contributed by atoms with E-state index in [1.807, 2.05) is 13.0 Å². The molecule has 2 rings (SSSR count). The lowest BCUT2D eigenvalue weighted by atomic mass is 9.87. The minimum atomic E-state index is 0.104. The summed E-state index contributed by atoms with van der Waals surface area (Å²) in [6, 6.07) is 2.38. The number of hydrogen-bond donors (Lipinski definition) is 1. The molecule has 0 saturated heterocycles. The van der Waals surface area contributed by atoms with E-state index in [9.17, 15) is 4.79 Å². The molecule has 1 N–H and O–H groups in total. The molecule has 1 aliphatic carbocycles. The molecule has 19 heavy (non-hydrogen) atoms. The number of aryl methyl sites for hydroxylation is 1. The summed E-state index contributed by atoms with van der Waals surface area (Å²) >= 11 is 0. The Hall–Kier alpha value is -1.25. The fraction of sp³-hybridized carbons (Fsp3) is 0.688. The van der Waals surface area contributed by atoms with Crippen molar-refractivity contribution in [3.63, 3.8) is 0 Å². The summed E-state index contributed by atoms with van der Waals surface area (Å²) in [6.07, 6.45) is 4.72. The summed E-state index contributed by atoms with van der Waals surface area (Å²) in [5.41, 5.74) is 3.10. The predicted octanol–water partition coefficient (Wildman–Crippen LogP) is 3.43. The molecule has 0 atom stereocenters. The van der Waals surface area contributed by atoms with E-state index < -0.39 is 0 Å². The van der Waals surface area contributed by atoms with Crippen molar-refractivity contribution in [2.75, 3.05) is 0 Å². The normalized spacial score (nSPS) is 23.4. The molecule has 3 nitrogen and oxygen atoms in total. The van der Waals surface area contributed by atoms with Gasteiger partial charge < -0.3 is 9.88 Å². The van der Waals surface area contributed by atoms with Gasteiger partial charge in [0.2, 0.25) is 0 Å². The van der Waals surface area contributed by atoms with Crippen LogP contribution in [-0.4, -0.2) is 16.5 Å². The van der Waals surface area contributed by atoms with Crippen LogP contribution in [0.5, 0.6) is 0 Å². The number of nitrogens with zero attached hydrogens (tertiary/aromatic N) is 1. The van der Waals surface area contributed by atoms with Crippen LogP contribution >= 0.6 is 0 Å². The van der Waals surface area contributed by atoms with Crippen molar-refractivity contribution in [3.05, 3.63) is 23.0 Å². The summed E-state index contributed by atoms with van der Waals surface area (Å²) in [7, 11) is 0. The van der Waals surface area contributed by atoms with Crippen molar-refractivity contribution in [2.24, 2.45) is 5.92 Å². The Kier molecular flexibility index (Phi) is 4.33. The van der Waals surface area contributed by atoms with Crippen molar-refractivity contribution in [1.29, 1.82) is 0 Å². The molecular formula is C16H26N2O. The fourth-order valence-electron chi connectivity index (χ4n) is 3.19. The first kappa shape index (κ1) is 14.2. The van der Waals surface area contributed by atoms with Crippen molar-refractivity contribution >= 4 is 5.91 Å². The van der Waals surface area contributed by atoms with Crippen LogP contribution in [0.4, 0.5) is 0 Å². The second kappa shape index (κ2) is 5.81. The first-order valence-electron chi connectivity index (χ1n) is 7.50. The number of carbonyl (C=O) groups excluding carboxylic acids is 1. The van der Waals surface area contributed by atoms with Crippen LogP contribution in [-0.2, 0) is 6.54 Å². The van der Waals surface area contributed by atoms with Gasteiger partial charge in [0.25, 0.3) is 5.91 Å². The summed E-state index contributed by atoms with van der Waals surface area (Å²) < 4.78 is 2.19. The lowest BCUT2D eigenvalue weighted by Gasteiger charge is -2.26. The predicted molar refractivity (Wildman–Crippen MR) is 78.5 cm³/mol. The monoisotopic (exact) mass is 262 g/mol. The third-order valence-electron chi connectivity index (χ3n) is 4.49. The molecule has 106 valence electrons. The molecular weight excluding hydrogens is 236 g/mol.